The van der Waals surface area contributed by atoms with Gasteiger partial charge in [0.05, 0.1) is 0 Å². The molecule has 1 aromatic heterocycles. The lowest BCUT2D eigenvalue weighted by atomic mass is 10.1. The second-order valence-electron chi connectivity index (χ2n) is 2.98. The lowest BCUT2D eigenvalue weighted by molar-refractivity contribution is 0.0963. The summed E-state index contributed by atoms with van der Waals surface area (Å²) in [5.74, 6) is -0.105. The highest BCUT2D eigenvalue weighted by Crippen LogP contribution is 2.27. The molecule has 0 spiro atoms. The summed E-state index contributed by atoms with van der Waals surface area (Å²) in [6.45, 7) is 0. The van der Waals surface area contributed by atoms with Crippen LogP contribution in [0.2, 0.25) is 0 Å². The van der Waals surface area contributed by atoms with Crippen molar-refractivity contribution in [2.75, 3.05) is 12.8 Å². The fraction of sp³-hybridized carbons (Fsp3) is 0.100. The predicted molar refractivity (Wildman–Crippen MR) is 59.6 cm³/mol. The van der Waals surface area contributed by atoms with Crippen LogP contribution < -0.4 is 11.1 Å². The molecule has 3 nitrogen and oxygen atoms in total. The van der Waals surface area contributed by atoms with Crippen molar-refractivity contribution >= 4 is 33.0 Å². The largest absolute Gasteiger partial charge is 0.398 e. The third-order valence-electron chi connectivity index (χ3n) is 2.09. The van der Waals surface area contributed by atoms with E-state index in [-0.39, 0.29) is 5.91 Å². The molecule has 0 atom stereocenters. The van der Waals surface area contributed by atoms with Crippen LogP contribution in [0.3, 0.4) is 0 Å². The summed E-state index contributed by atoms with van der Waals surface area (Å²) in [6, 6.07) is 5.52. The molecule has 0 bridgehead atoms. The van der Waals surface area contributed by atoms with E-state index in [9.17, 15) is 4.79 Å². The first-order valence-corrected chi connectivity index (χ1v) is 5.09. The molecular formula is C10H10N2OS. The third-order valence-corrected chi connectivity index (χ3v) is 2.96. The van der Waals surface area contributed by atoms with Crippen molar-refractivity contribution in [3.05, 3.63) is 29.1 Å². The smallest absolute Gasteiger partial charge is 0.251 e. The number of hydrogen-bond acceptors (Lipinski definition) is 3. The quantitative estimate of drug-likeness (QED) is 0.699. The zero-order valence-electron chi connectivity index (χ0n) is 7.70. The number of hydrogen-bond donors (Lipinski definition) is 2. The van der Waals surface area contributed by atoms with Crippen molar-refractivity contribution in [2.45, 2.75) is 0 Å². The maximum Gasteiger partial charge on any atom is 0.251 e. The lowest BCUT2D eigenvalue weighted by Gasteiger charge is -2.02. The van der Waals surface area contributed by atoms with Gasteiger partial charge in [-0.1, -0.05) is 0 Å². The number of nitrogens with two attached hydrogens (primary N) is 1. The minimum absolute atomic E-state index is 0.105. The van der Waals surface area contributed by atoms with Crippen molar-refractivity contribution in [3.8, 4) is 0 Å². The van der Waals surface area contributed by atoms with Crippen LogP contribution in [0.15, 0.2) is 23.6 Å². The van der Waals surface area contributed by atoms with E-state index in [2.05, 4.69) is 5.32 Å². The molecular weight excluding hydrogens is 196 g/mol. The van der Waals surface area contributed by atoms with Gasteiger partial charge in [0, 0.05) is 28.4 Å². The number of benzene rings is 1. The van der Waals surface area contributed by atoms with Crippen LogP contribution >= 0.6 is 11.3 Å². The van der Waals surface area contributed by atoms with E-state index in [1.807, 2.05) is 17.5 Å². The molecule has 4 heteroatoms. The Labute approximate surface area is 85.5 Å². The first-order chi connectivity index (χ1) is 6.72. The van der Waals surface area contributed by atoms with Gasteiger partial charge in [-0.05, 0) is 23.6 Å². The van der Waals surface area contributed by atoms with Gasteiger partial charge >= 0.3 is 0 Å². The van der Waals surface area contributed by atoms with Gasteiger partial charge in [0.25, 0.3) is 5.91 Å². The van der Waals surface area contributed by atoms with Gasteiger partial charge in [0.1, 0.15) is 0 Å². The van der Waals surface area contributed by atoms with Gasteiger partial charge in [0.2, 0.25) is 0 Å². The molecule has 0 saturated carbocycles. The molecule has 0 aliphatic carbocycles. The summed E-state index contributed by atoms with van der Waals surface area (Å²) < 4.78 is 1.05. The van der Waals surface area contributed by atoms with E-state index >= 15 is 0 Å². The van der Waals surface area contributed by atoms with Crippen LogP contribution in [0.5, 0.6) is 0 Å². The fourth-order valence-corrected chi connectivity index (χ4v) is 2.23. The van der Waals surface area contributed by atoms with Gasteiger partial charge in [-0.25, -0.2) is 0 Å². The number of fused-ring (bicyclic) bond motifs is 1. The Morgan fingerprint density at radius 1 is 1.50 bits per heavy atom. The Kier molecular flexibility index (Phi) is 2.13. The van der Waals surface area contributed by atoms with Crippen LogP contribution in [-0.2, 0) is 0 Å². The van der Waals surface area contributed by atoms with Crippen LogP contribution in [0.25, 0.3) is 10.1 Å². The average molecular weight is 206 g/mol. The minimum atomic E-state index is -0.105. The van der Waals surface area contributed by atoms with Crippen molar-refractivity contribution in [1.29, 1.82) is 0 Å². The molecule has 1 amide bonds. The van der Waals surface area contributed by atoms with E-state index in [1.54, 1.807) is 24.5 Å². The molecule has 0 unspecified atom stereocenters. The predicted octanol–water partition coefficient (Wildman–Crippen LogP) is 1.84. The van der Waals surface area contributed by atoms with Crippen LogP contribution in [-0.4, -0.2) is 13.0 Å². The fourth-order valence-electron chi connectivity index (χ4n) is 1.37. The molecule has 0 fully saturated rings. The number of carbonyl (C=O) groups excluding carboxylic acids is 1. The molecule has 1 aromatic carbocycles. The number of nitrogens with one attached hydrogen (secondary N) is 1. The second-order valence-corrected chi connectivity index (χ2v) is 3.92. The first kappa shape index (κ1) is 9.02. The van der Waals surface area contributed by atoms with E-state index < -0.39 is 0 Å². The third kappa shape index (κ3) is 1.33. The molecule has 0 saturated heterocycles. The van der Waals surface area contributed by atoms with Crippen molar-refractivity contribution in [2.24, 2.45) is 0 Å². The van der Waals surface area contributed by atoms with Crippen molar-refractivity contribution in [1.82, 2.24) is 5.32 Å². The van der Waals surface area contributed by atoms with Gasteiger partial charge in [-0.3, -0.25) is 4.79 Å². The van der Waals surface area contributed by atoms with Crippen LogP contribution in [0.4, 0.5) is 5.69 Å². The Morgan fingerprint density at radius 3 is 3.00 bits per heavy atom. The number of carbonyl (C=O) groups is 1. The highest BCUT2D eigenvalue weighted by Gasteiger charge is 2.07. The molecule has 1 heterocycles. The molecule has 0 aliphatic rings. The Bertz CT molecular complexity index is 490. The lowest BCUT2D eigenvalue weighted by Crippen LogP contribution is -2.17. The summed E-state index contributed by atoms with van der Waals surface area (Å²) in [7, 11) is 1.61. The molecule has 2 rings (SSSR count). The highest BCUT2D eigenvalue weighted by molar-refractivity contribution is 7.17. The Hall–Kier alpha value is -1.55. The van der Waals surface area contributed by atoms with Gasteiger partial charge in [-0.2, -0.15) is 0 Å². The Balaban J connectivity index is 2.64. The highest BCUT2D eigenvalue weighted by atomic mass is 32.1. The van der Waals surface area contributed by atoms with E-state index in [0.717, 1.165) is 10.1 Å². The number of nitrogen functional groups attached to an aromatic ring is 1. The van der Waals surface area contributed by atoms with Crippen molar-refractivity contribution in [3.63, 3.8) is 0 Å². The summed E-state index contributed by atoms with van der Waals surface area (Å²) in [5.41, 5.74) is 7.09. The average Bonchev–Trinajstić information content (AvgIpc) is 2.64. The van der Waals surface area contributed by atoms with Gasteiger partial charge < -0.3 is 11.1 Å². The molecule has 72 valence electrons. The van der Waals surface area contributed by atoms with Crippen LogP contribution in [0.1, 0.15) is 10.4 Å². The number of amides is 1. The minimum Gasteiger partial charge on any atom is -0.398 e. The van der Waals surface area contributed by atoms with Gasteiger partial charge in [0.15, 0.2) is 0 Å². The summed E-state index contributed by atoms with van der Waals surface area (Å²) in [5, 5.41) is 5.56. The Morgan fingerprint density at radius 2 is 2.29 bits per heavy atom. The molecule has 3 N–H and O–H groups in total. The summed E-state index contributed by atoms with van der Waals surface area (Å²) in [4.78, 5) is 11.4. The first-order valence-electron chi connectivity index (χ1n) is 4.21. The van der Waals surface area contributed by atoms with Crippen molar-refractivity contribution < 1.29 is 4.79 Å². The molecule has 14 heavy (non-hydrogen) atoms. The summed E-state index contributed by atoms with van der Waals surface area (Å²) >= 11 is 1.58. The maximum absolute atomic E-state index is 11.4. The standard InChI is InChI=1S/C10H10N2OS/c1-12-10(13)6-4-8(11)7-2-3-14-9(7)5-6/h2-5H,11H2,1H3,(H,12,13). The zero-order chi connectivity index (χ0) is 10.1. The summed E-state index contributed by atoms with van der Waals surface area (Å²) in [6.07, 6.45) is 0. The van der Waals surface area contributed by atoms with E-state index in [4.69, 9.17) is 5.73 Å². The molecule has 0 aliphatic heterocycles. The monoisotopic (exact) mass is 206 g/mol. The van der Waals surface area contributed by atoms with E-state index in [1.165, 1.54) is 0 Å². The number of thiophene rings is 1. The topological polar surface area (TPSA) is 55.1 Å². The van der Waals surface area contributed by atoms with Crippen LogP contribution in [0, 0.1) is 0 Å². The second kappa shape index (κ2) is 3.31. The van der Waals surface area contributed by atoms with E-state index in [0.29, 0.717) is 11.3 Å². The SMILES string of the molecule is CNC(=O)c1cc(N)c2ccsc2c1. The zero-order valence-corrected chi connectivity index (χ0v) is 8.52. The molecule has 2 aromatic rings. The maximum atomic E-state index is 11.4. The van der Waals surface area contributed by atoms with Gasteiger partial charge in [-0.15, -0.1) is 11.3 Å². The molecule has 0 radical (unpaired) electrons. The number of anilines is 1. The normalized spacial score (nSPS) is 10.4. The number of rotatable bonds is 1.